The van der Waals surface area contributed by atoms with Gasteiger partial charge in [0, 0.05) is 5.56 Å². The molecule has 0 saturated heterocycles. The Balaban J connectivity index is 1.29. The fourth-order valence-electron chi connectivity index (χ4n) is 3.87. The van der Waals surface area contributed by atoms with E-state index in [-0.39, 0.29) is 25.0 Å². The molecule has 2 aliphatic rings. The summed E-state index contributed by atoms with van der Waals surface area (Å²) in [5.74, 6) is -1.35. The van der Waals surface area contributed by atoms with E-state index in [0.717, 1.165) is 24.8 Å². The summed E-state index contributed by atoms with van der Waals surface area (Å²) in [5, 5.41) is 2.95. The van der Waals surface area contributed by atoms with Crippen LogP contribution in [0.1, 0.15) is 58.5 Å². The molecule has 1 amide bonds. The van der Waals surface area contributed by atoms with E-state index in [1.54, 1.807) is 24.3 Å². The Kier molecular flexibility index (Phi) is 5.10. The van der Waals surface area contributed by atoms with E-state index in [1.165, 1.54) is 5.56 Å². The molecular formula is C22H21NO5. The molecule has 0 saturated carbocycles. The molecule has 2 aromatic carbocycles. The lowest BCUT2D eigenvalue weighted by molar-refractivity contribution is -0.150. The second-order valence-corrected chi connectivity index (χ2v) is 7.06. The van der Waals surface area contributed by atoms with Gasteiger partial charge < -0.3 is 14.8 Å². The lowest BCUT2D eigenvalue weighted by Gasteiger charge is -2.26. The van der Waals surface area contributed by atoms with Gasteiger partial charge in [0.2, 0.25) is 0 Å². The Morgan fingerprint density at radius 2 is 1.82 bits per heavy atom. The topological polar surface area (TPSA) is 81.7 Å². The Morgan fingerprint density at radius 3 is 2.68 bits per heavy atom. The van der Waals surface area contributed by atoms with E-state index < -0.39 is 18.0 Å². The van der Waals surface area contributed by atoms with E-state index in [9.17, 15) is 14.4 Å². The third-order valence-corrected chi connectivity index (χ3v) is 5.20. The van der Waals surface area contributed by atoms with Gasteiger partial charge in [-0.05, 0) is 36.5 Å². The fraction of sp³-hybridized carbons (Fsp3) is 0.318. The monoisotopic (exact) mass is 379 g/mol. The van der Waals surface area contributed by atoms with Crippen LogP contribution in [0.15, 0.2) is 48.5 Å². The third kappa shape index (κ3) is 3.76. The molecule has 0 aromatic heterocycles. The van der Waals surface area contributed by atoms with Crippen molar-refractivity contribution < 1.29 is 23.9 Å². The zero-order chi connectivity index (χ0) is 19.5. The van der Waals surface area contributed by atoms with E-state index in [1.807, 2.05) is 18.2 Å². The number of carbonyl (C=O) groups is 3. The smallest absolute Gasteiger partial charge is 0.339 e. The van der Waals surface area contributed by atoms with Gasteiger partial charge in [-0.25, -0.2) is 4.79 Å². The number of carbonyl (C=O) groups excluding carboxylic acids is 3. The quantitative estimate of drug-likeness (QED) is 0.808. The third-order valence-electron chi connectivity index (χ3n) is 5.20. The van der Waals surface area contributed by atoms with Gasteiger partial charge in [0.25, 0.3) is 5.91 Å². The molecule has 144 valence electrons. The average molecular weight is 379 g/mol. The van der Waals surface area contributed by atoms with Crippen molar-refractivity contribution in [3.63, 3.8) is 0 Å². The van der Waals surface area contributed by atoms with Crippen LogP contribution in [0, 0.1) is 0 Å². The van der Waals surface area contributed by atoms with Gasteiger partial charge in [-0.1, -0.05) is 42.5 Å². The van der Waals surface area contributed by atoms with Crippen molar-refractivity contribution in [1.82, 2.24) is 5.32 Å². The molecule has 4 rings (SSSR count). The minimum Gasteiger partial charge on any atom is -0.455 e. The van der Waals surface area contributed by atoms with Crippen LogP contribution in [0.2, 0.25) is 0 Å². The van der Waals surface area contributed by atoms with E-state index in [4.69, 9.17) is 9.47 Å². The lowest BCUT2D eigenvalue weighted by atomic mass is 9.88. The van der Waals surface area contributed by atoms with Crippen LogP contribution in [0.4, 0.5) is 0 Å². The average Bonchev–Trinajstić information content (AvgIpc) is 3.02. The van der Waals surface area contributed by atoms with Gasteiger partial charge in [-0.3, -0.25) is 9.59 Å². The summed E-state index contributed by atoms with van der Waals surface area (Å²) in [6.07, 6.45) is 2.12. The van der Waals surface area contributed by atoms with Crippen LogP contribution in [-0.2, 0) is 25.5 Å². The summed E-state index contributed by atoms with van der Waals surface area (Å²) < 4.78 is 10.3. The highest BCUT2D eigenvalue weighted by Gasteiger charge is 2.32. The summed E-state index contributed by atoms with van der Waals surface area (Å²) in [6, 6.07) is 15.0. The molecule has 0 unspecified atom stereocenters. The molecule has 1 aliphatic heterocycles. The first-order valence-corrected chi connectivity index (χ1v) is 9.44. The van der Waals surface area contributed by atoms with Gasteiger partial charge in [-0.2, -0.15) is 0 Å². The zero-order valence-corrected chi connectivity index (χ0v) is 15.4. The van der Waals surface area contributed by atoms with Crippen molar-refractivity contribution >= 4 is 17.8 Å². The largest absolute Gasteiger partial charge is 0.455 e. The van der Waals surface area contributed by atoms with Crippen LogP contribution in [0.5, 0.6) is 0 Å². The van der Waals surface area contributed by atoms with Gasteiger partial charge in [-0.15, -0.1) is 0 Å². The fourth-order valence-corrected chi connectivity index (χ4v) is 3.87. The van der Waals surface area contributed by atoms with Crippen molar-refractivity contribution in [1.29, 1.82) is 0 Å². The minimum atomic E-state index is -0.663. The molecule has 0 radical (unpaired) electrons. The number of rotatable bonds is 5. The number of cyclic esters (lactones) is 1. The van der Waals surface area contributed by atoms with Crippen molar-refractivity contribution in [2.75, 3.05) is 6.61 Å². The molecule has 1 heterocycles. The molecule has 1 aliphatic carbocycles. The number of fused-ring (bicyclic) bond motifs is 2. The zero-order valence-electron chi connectivity index (χ0n) is 15.4. The summed E-state index contributed by atoms with van der Waals surface area (Å²) in [5.41, 5.74) is 3.52. The maximum atomic E-state index is 12.2. The Labute approximate surface area is 162 Å². The molecule has 0 fully saturated rings. The van der Waals surface area contributed by atoms with Crippen molar-refractivity contribution in [3.8, 4) is 0 Å². The Morgan fingerprint density at radius 1 is 1.07 bits per heavy atom. The molecule has 0 spiro atoms. The van der Waals surface area contributed by atoms with Crippen LogP contribution in [-0.4, -0.2) is 24.5 Å². The predicted molar refractivity (Wildman–Crippen MR) is 100 cm³/mol. The van der Waals surface area contributed by atoms with E-state index in [0.29, 0.717) is 11.1 Å². The Bertz CT molecular complexity index is 923. The lowest BCUT2D eigenvalue weighted by Crippen LogP contribution is -2.34. The normalized spacial score (nSPS) is 19.9. The first-order chi connectivity index (χ1) is 13.6. The number of hydrogen-bond acceptors (Lipinski definition) is 5. The van der Waals surface area contributed by atoms with Crippen LogP contribution in [0.25, 0.3) is 0 Å². The summed E-state index contributed by atoms with van der Waals surface area (Å²) in [7, 11) is 0. The summed E-state index contributed by atoms with van der Waals surface area (Å²) >= 11 is 0. The van der Waals surface area contributed by atoms with Crippen molar-refractivity contribution in [2.45, 2.75) is 37.8 Å². The van der Waals surface area contributed by atoms with Crippen LogP contribution >= 0.6 is 0 Å². The van der Waals surface area contributed by atoms with Crippen LogP contribution < -0.4 is 5.32 Å². The molecular weight excluding hydrogens is 358 g/mol. The standard InChI is InChI=1S/C22H21NO5/c24-20(23-18-11-5-7-14-6-1-2-8-15(14)18)13-27-21(25)12-19-16-9-3-4-10-17(16)22(26)28-19/h1-4,6,8-10,18-19H,5,7,11-13H2,(H,23,24)/t18-,19-/m1/s1. The highest BCUT2D eigenvalue weighted by molar-refractivity contribution is 5.94. The van der Waals surface area contributed by atoms with E-state index >= 15 is 0 Å². The SMILES string of the molecule is O=C(COC(=O)C[C@H]1OC(=O)c2ccccc21)N[C@@H]1CCCc2ccccc21. The Hall–Kier alpha value is -3.15. The van der Waals surface area contributed by atoms with E-state index in [2.05, 4.69) is 11.4 Å². The maximum absolute atomic E-state index is 12.2. The van der Waals surface area contributed by atoms with Gasteiger partial charge in [0.1, 0.15) is 6.10 Å². The predicted octanol–water partition coefficient (Wildman–Crippen LogP) is 3.03. The number of nitrogens with one attached hydrogen (secondary N) is 1. The van der Waals surface area contributed by atoms with Crippen molar-refractivity contribution in [2.24, 2.45) is 0 Å². The highest BCUT2D eigenvalue weighted by atomic mass is 16.6. The first-order valence-electron chi connectivity index (χ1n) is 9.44. The molecule has 2 atom stereocenters. The molecule has 1 N–H and O–H groups in total. The molecule has 0 bridgehead atoms. The second kappa shape index (κ2) is 7.84. The number of hydrogen-bond donors (Lipinski definition) is 1. The summed E-state index contributed by atoms with van der Waals surface area (Å²) in [6.45, 7) is -0.347. The molecule has 6 heteroatoms. The molecule has 2 aromatic rings. The number of benzene rings is 2. The second-order valence-electron chi connectivity index (χ2n) is 7.06. The highest BCUT2D eigenvalue weighted by Crippen LogP contribution is 2.33. The van der Waals surface area contributed by atoms with Crippen LogP contribution in [0.3, 0.4) is 0 Å². The maximum Gasteiger partial charge on any atom is 0.339 e. The van der Waals surface area contributed by atoms with Crippen molar-refractivity contribution in [3.05, 3.63) is 70.8 Å². The minimum absolute atomic E-state index is 0.0567. The molecule has 28 heavy (non-hydrogen) atoms. The van der Waals surface area contributed by atoms with Gasteiger partial charge >= 0.3 is 11.9 Å². The van der Waals surface area contributed by atoms with Gasteiger partial charge in [0.05, 0.1) is 18.0 Å². The first kappa shape index (κ1) is 18.2. The number of ether oxygens (including phenoxy) is 2. The number of amides is 1. The summed E-state index contributed by atoms with van der Waals surface area (Å²) in [4.78, 5) is 36.2. The molecule has 6 nitrogen and oxygen atoms in total. The number of esters is 2. The number of aryl methyl sites for hydroxylation is 1. The van der Waals surface area contributed by atoms with Gasteiger partial charge in [0.15, 0.2) is 6.61 Å².